The Morgan fingerprint density at radius 1 is 1.24 bits per heavy atom. The monoisotopic (exact) mass is 416 g/mol. The van der Waals surface area contributed by atoms with Gasteiger partial charge in [0.15, 0.2) is 17.3 Å². The maximum Gasteiger partial charge on any atom is 0.437 e. The highest BCUT2D eigenvalue weighted by molar-refractivity contribution is 5.68. The van der Waals surface area contributed by atoms with Crippen LogP contribution in [0, 0.1) is 17.8 Å². The minimum atomic E-state index is -4.74. The molecule has 2 aliphatic heterocycles. The number of alkyl halides is 3. The molecule has 4 atom stereocenters. The van der Waals surface area contributed by atoms with E-state index in [1.54, 1.807) is 23.6 Å². The van der Waals surface area contributed by atoms with Crippen molar-refractivity contribution in [2.75, 3.05) is 36.5 Å². The van der Waals surface area contributed by atoms with E-state index in [0.29, 0.717) is 13.1 Å². The molecule has 3 aliphatic rings. The lowest BCUT2D eigenvalue weighted by molar-refractivity contribution is -0.142. The zero-order valence-electron chi connectivity index (χ0n) is 16.3. The van der Waals surface area contributed by atoms with Crippen LogP contribution < -0.4 is 14.5 Å². The average molecular weight is 416 g/mol. The Bertz CT molecular complexity index is 835. The van der Waals surface area contributed by atoms with Gasteiger partial charge in [0, 0.05) is 26.1 Å². The van der Waals surface area contributed by atoms with E-state index < -0.39 is 35.2 Å². The minimum Gasteiger partial charge on any atom is -0.491 e. The number of halogens is 3. The summed E-state index contributed by atoms with van der Waals surface area (Å²) in [6.45, 7) is 4.42. The molecule has 1 aliphatic carbocycles. The minimum absolute atomic E-state index is 0.0580. The molecule has 0 radical (unpaired) electrons. The SMILES string of the molecule is COc1c(N2C[C@@H]3[C@@H](CC(=O)O)[C@@H]3C2)nc(N2C[C@@H](O)C2(C)C)nc1C(F)(F)F. The van der Waals surface area contributed by atoms with Crippen molar-refractivity contribution in [1.29, 1.82) is 0 Å². The summed E-state index contributed by atoms with van der Waals surface area (Å²) in [5, 5.41) is 18.9. The summed E-state index contributed by atoms with van der Waals surface area (Å²) < 4.78 is 46.2. The van der Waals surface area contributed by atoms with Crippen LogP contribution in [-0.2, 0) is 11.0 Å². The molecular weight excluding hydrogens is 393 g/mol. The van der Waals surface area contributed by atoms with Crippen molar-refractivity contribution in [1.82, 2.24) is 9.97 Å². The maximum atomic E-state index is 13.7. The van der Waals surface area contributed by atoms with Crippen LogP contribution in [0.15, 0.2) is 0 Å². The lowest BCUT2D eigenvalue weighted by Crippen LogP contribution is -2.68. The number of anilines is 2. The van der Waals surface area contributed by atoms with Gasteiger partial charge < -0.3 is 24.7 Å². The molecule has 0 aromatic carbocycles. The summed E-state index contributed by atoms with van der Waals surface area (Å²) in [5.74, 6) is -1.03. The second-order valence-electron chi connectivity index (χ2n) is 8.50. The summed E-state index contributed by atoms with van der Waals surface area (Å²) in [4.78, 5) is 22.3. The van der Waals surface area contributed by atoms with E-state index in [1.807, 2.05) is 0 Å². The number of aromatic nitrogens is 2. The van der Waals surface area contributed by atoms with E-state index in [4.69, 9.17) is 9.84 Å². The molecule has 4 rings (SSSR count). The summed E-state index contributed by atoms with van der Waals surface area (Å²) in [6.07, 6.45) is -5.36. The predicted octanol–water partition coefficient (Wildman–Crippen LogP) is 1.62. The Kier molecular flexibility index (Phi) is 4.38. The molecule has 2 N–H and O–H groups in total. The van der Waals surface area contributed by atoms with Gasteiger partial charge in [-0.05, 0) is 31.6 Å². The molecule has 11 heteroatoms. The van der Waals surface area contributed by atoms with Crippen LogP contribution in [0.4, 0.5) is 24.9 Å². The summed E-state index contributed by atoms with van der Waals surface area (Å²) in [5.41, 5.74) is -1.94. The van der Waals surface area contributed by atoms with E-state index >= 15 is 0 Å². The number of β-amino-alcohol motifs (C(OH)–C–C–N with tert-alkyl or cyclic N) is 1. The smallest absolute Gasteiger partial charge is 0.437 e. The third-order valence-corrected chi connectivity index (χ3v) is 6.50. The van der Waals surface area contributed by atoms with Gasteiger partial charge in [0.25, 0.3) is 0 Å². The van der Waals surface area contributed by atoms with Gasteiger partial charge >= 0.3 is 12.1 Å². The predicted molar refractivity (Wildman–Crippen MR) is 96.0 cm³/mol. The zero-order chi connectivity index (χ0) is 21.3. The Hall–Kier alpha value is -2.30. The molecule has 1 saturated carbocycles. The Balaban J connectivity index is 1.68. The first-order chi connectivity index (χ1) is 13.4. The van der Waals surface area contributed by atoms with Crippen LogP contribution >= 0.6 is 0 Å². The number of carboxylic acid groups (broad SMARTS) is 1. The van der Waals surface area contributed by atoms with Crippen molar-refractivity contribution in [3.05, 3.63) is 5.69 Å². The van der Waals surface area contributed by atoms with Crippen LogP contribution in [0.5, 0.6) is 5.75 Å². The normalized spacial score (nSPS) is 30.0. The molecule has 2 saturated heterocycles. The zero-order valence-corrected chi connectivity index (χ0v) is 16.3. The fourth-order valence-corrected chi connectivity index (χ4v) is 4.51. The molecule has 1 aromatic rings. The Morgan fingerprint density at radius 2 is 1.86 bits per heavy atom. The van der Waals surface area contributed by atoms with Gasteiger partial charge in [0.1, 0.15) is 0 Å². The maximum absolute atomic E-state index is 13.7. The molecular formula is C18H23F3N4O4. The number of hydrogen-bond donors (Lipinski definition) is 2. The third-order valence-electron chi connectivity index (χ3n) is 6.50. The van der Waals surface area contributed by atoms with E-state index in [-0.39, 0.29) is 42.5 Å². The highest BCUT2D eigenvalue weighted by Gasteiger charge is 2.57. The van der Waals surface area contributed by atoms with Gasteiger partial charge in [-0.3, -0.25) is 4.79 Å². The van der Waals surface area contributed by atoms with Crippen LogP contribution in [-0.4, -0.2) is 64.5 Å². The number of hydrogen-bond acceptors (Lipinski definition) is 7. The number of carbonyl (C=O) groups is 1. The van der Waals surface area contributed by atoms with Gasteiger partial charge in [-0.1, -0.05) is 0 Å². The number of aliphatic carboxylic acids is 1. The molecule has 0 unspecified atom stereocenters. The molecule has 1 aromatic heterocycles. The number of aliphatic hydroxyl groups excluding tert-OH is 1. The van der Waals surface area contributed by atoms with Crippen molar-refractivity contribution in [3.63, 3.8) is 0 Å². The fourth-order valence-electron chi connectivity index (χ4n) is 4.51. The van der Waals surface area contributed by atoms with Gasteiger partial charge in [-0.2, -0.15) is 18.2 Å². The van der Waals surface area contributed by atoms with Crippen LogP contribution in [0.2, 0.25) is 0 Å². The highest BCUT2D eigenvalue weighted by Crippen LogP contribution is 2.55. The first kappa shape index (κ1) is 20.0. The lowest BCUT2D eigenvalue weighted by atomic mass is 9.86. The van der Waals surface area contributed by atoms with Crippen LogP contribution in [0.3, 0.4) is 0 Å². The number of methoxy groups -OCH3 is 1. The van der Waals surface area contributed by atoms with Crippen molar-refractivity contribution in [2.45, 2.75) is 38.1 Å². The first-order valence-corrected chi connectivity index (χ1v) is 9.40. The summed E-state index contributed by atoms with van der Waals surface area (Å²) >= 11 is 0. The van der Waals surface area contributed by atoms with Gasteiger partial charge in [0.05, 0.1) is 18.8 Å². The number of rotatable bonds is 5. The summed E-state index contributed by atoms with van der Waals surface area (Å²) in [7, 11) is 1.15. The van der Waals surface area contributed by atoms with Crippen LogP contribution in [0.1, 0.15) is 26.0 Å². The van der Waals surface area contributed by atoms with Crippen molar-refractivity contribution < 1.29 is 32.9 Å². The van der Waals surface area contributed by atoms with Crippen molar-refractivity contribution in [3.8, 4) is 5.75 Å². The van der Waals surface area contributed by atoms with Gasteiger partial charge in [0.2, 0.25) is 5.95 Å². The second kappa shape index (κ2) is 6.35. The topological polar surface area (TPSA) is 99.0 Å². The molecule has 29 heavy (non-hydrogen) atoms. The van der Waals surface area contributed by atoms with Gasteiger partial charge in [-0.25, -0.2) is 4.98 Å². The lowest BCUT2D eigenvalue weighted by Gasteiger charge is -2.52. The molecule has 8 nitrogen and oxygen atoms in total. The van der Waals surface area contributed by atoms with E-state index in [9.17, 15) is 23.1 Å². The standard InChI is InChI=1S/C18H23F3N4O4/c1-17(2)11(26)7-25(17)16-22-14(18(19,20)21)13(29-3)15(23-16)24-5-9-8(4-12(27)28)10(9)6-24/h8-11,26H,4-7H2,1-3H3,(H,27,28)/t8-,9-,10+,11-/m1/s1. The van der Waals surface area contributed by atoms with Crippen molar-refractivity contribution >= 4 is 17.7 Å². The highest BCUT2D eigenvalue weighted by atomic mass is 19.4. The number of piperidine rings is 1. The fraction of sp³-hybridized carbons (Fsp3) is 0.722. The molecule has 0 amide bonds. The molecule has 160 valence electrons. The van der Waals surface area contributed by atoms with E-state index in [1.165, 1.54) is 0 Å². The average Bonchev–Trinajstić information content (AvgIpc) is 3.06. The van der Waals surface area contributed by atoms with Crippen molar-refractivity contribution in [2.24, 2.45) is 17.8 Å². The molecule has 3 heterocycles. The summed E-state index contributed by atoms with van der Waals surface area (Å²) in [6, 6.07) is 0. The second-order valence-corrected chi connectivity index (χ2v) is 8.50. The number of ether oxygens (including phenoxy) is 1. The molecule has 0 bridgehead atoms. The number of aliphatic hydroxyl groups is 1. The third kappa shape index (κ3) is 3.15. The van der Waals surface area contributed by atoms with E-state index in [2.05, 4.69) is 9.97 Å². The van der Waals surface area contributed by atoms with E-state index in [0.717, 1.165) is 7.11 Å². The number of carboxylic acids is 1. The van der Waals surface area contributed by atoms with Crippen LogP contribution in [0.25, 0.3) is 0 Å². The molecule has 0 spiro atoms. The van der Waals surface area contributed by atoms with Gasteiger partial charge in [-0.15, -0.1) is 0 Å². The molecule has 3 fully saturated rings. The largest absolute Gasteiger partial charge is 0.491 e. The quantitative estimate of drug-likeness (QED) is 0.747. The number of fused-ring (bicyclic) bond motifs is 1. The Labute approximate surface area is 165 Å². The Morgan fingerprint density at radius 3 is 2.31 bits per heavy atom. The number of nitrogens with zero attached hydrogens (tertiary/aromatic N) is 4. The first-order valence-electron chi connectivity index (χ1n) is 9.40.